The molecule has 5 heteroatoms. The van der Waals surface area contributed by atoms with Crippen molar-refractivity contribution in [3.05, 3.63) is 0 Å². The second-order valence-corrected chi connectivity index (χ2v) is 6.45. The summed E-state index contributed by atoms with van der Waals surface area (Å²) in [4.78, 5) is 25.5. The summed E-state index contributed by atoms with van der Waals surface area (Å²) in [6.07, 6.45) is 7.91. The van der Waals surface area contributed by atoms with Crippen molar-refractivity contribution < 1.29 is 14.7 Å². The highest BCUT2D eigenvalue weighted by Crippen LogP contribution is 2.33. The number of carboxylic acid groups (broad SMARTS) is 1. The Balaban J connectivity index is 1.87. The number of rotatable bonds is 5. The van der Waals surface area contributed by atoms with E-state index in [0.717, 1.165) is 31.6 Å². The molecule has 1 heterocycles. The molecule has 0 aromatic rings. The third-order valence-corrected chi connectivity index (χ3v) is 4.97. The number of piperazine rings is 1. The van der Waals surface area contributed by atoms with Crippen molar-refractivity contribution in [3.63, 3.8) is 0 Å². The highest BCUT2D eigenvalue weighted by Gasteiger charge is 2.36. The molecule has 1 saturated heterocycles. The van der Waals surface area contributed by atoms with E-state index >= 15 is 0 Å². The van der Waals surface area contributed by atoms with Gasteiger partial charge in [-0.25, -0.2) is 4.79 Å². The molecule has 2 N–H and O–H groups in total. The molecule has 1 aliphatic heterocycles. The van der Waals surface area contributed by atoms with Crippen LogP contribution in [0.2, 0.25) is 0 Å². The van der Waals surface area contributed by atoms with Crippen LogP contribution in [0.3, 0.4) is 0 Å². The standard InChI is InChI=1S/C16H28N2O3/c1-2-3-4-12-5-7-13(8-6-12)15(19)18-10-9-17-11-14(18)16(20)21/h12-14,17H,2-11H2,1H3,(H,20,21). The van der Waals surface area contributed by atoms with Crippen molar-refractivity contribution in [1.82, 2.24) is 10.2 Å². The fourth-order valence-electron chi connectivity index (χ4n) is 3.61. The first-order chi connectivity index (χ1) is 10.1. The summed E-state index contributed by atoms with van der Waals surface area (Å²) >= 11 is 0. The van der Waals surface area contributed by atoms with Crippen molar-refractivity contribution in [2.45, 2.75) is 57.9 Å². The summed E-state index contributed by atoms with van der Waals surface area (Å²) in [6, 6.07) is -0.691. The maximum absolute atomic E-state index is 12.6. The average molecular weight is 296 g/mol. The molecule has 0 radical (unpaired) electrons. The minimum absolute atomic E-state index is 0.0443. The maximum atomic E-state index is 12.6. The Morgan fingerprint density at radius 1 is 1.24 bits per heavy atom. The number of hydrogen-bond donors (Lipinski definition) is 2. The van der Waals surface area contributed by atoms with Crippen molar-refractivity contribution >= 4 is 11.9 Å². The van der Waals surface area contributed by atoms with Gasteiger partial charge in [-0.15, -0.1) is 0 Å². The number of nitrogens with zero attached hydrogens (tertiary/aromatic N) is 1. The van der Waals surface area contributed by atoms with E-state index in [1.807, 2.05) is 0 Å². The minimum atomic E-state index is -0.896. The Kier molecular flexibility index (Phi) is 6.03. The number of hydrogen-bond acceptors (Lipinski definition) is 3. The predicted molar refractivity (Wildman–Crippen MR) is 81.0 cm³/mol. The van der Waals surface area contributed by atoms with Gasteiger partial charge in [0.15, 0.2) is 0 Å². The summed E-state index contributed by atoms with van der Waals surface area (Å²) in [5, 5.41) is 12.3. The van der Waals surface area contributed by atoms with Crippen LogP contribution in [-0.4, -0.2) is 47.6 Å². The summed E-state index contributed by atoms with van der Waals surface area (Å²) in [5.74, 6) is -0.0138. The van der Waals surface area contributed by atoms with Gasteiger partial charge in [0.2, 0.25) is 5.91 Å². The van der Waals surface area contributed by atoms with Gasteiger partial charge in [0.25, 0.3) is 0 Å². The molecule has 1 amide bonds. The Morgan fingerprint density at radius 3 is 2.57 bits per heavy atom. The molecule has 0 aromatic heterocycles. The van der Waals surface area contributed by atoms with Crippen molar-refractivity contribution in [2.24, 2.45) is 11.8 Å². The summed E-state index contributed by atoms with van der Waals surface area (Å²) in [5.41, 5.74) is 0. The summed E-state index contributed by atoms with van der Waals surface area (Å²) in [7, 11) is 0. The zero-order chi connectivity index (χ0) is 15.2. The molecule has 1 aliphatic carbocycles. The average Bonchev–Trinajstić information content (AvgIpc) is 2.52. The maximum Gasteiger partial charge on any atom is 0.327 e. The molecule has 0 spiro atoms. The Morgan fingerprint density at radius 2 is 1.95 bits per heavy atom. The second kappa shape index (κ2) is 7.78. The number of carboxylic acids is 1. The lowest BCUT2D eigenvalue weighted by atomic mass is 9.79. The smallest absolute Gasteiger partial charge is 0.327 e. The van der Waals surface area contributed by atoms with Gasteiger partial charge >= 0.3 is 5.97 Å². The van der Waals surface area contributed by atoms with Crippen LogP contribution < -0.4 is 5.32 Å². The highest BCUT2D eigenvalue weighted by molar-refractivity contribution is 5.85. The topological polar surface area (TPSA) is 69.6 Å². The van der Waals surface area contributed by atoms with Gasteiger partial charge in [0.05, 0.1) is 0 Å². The highest BCUT2D eigenvalue weighted by atomic mass is 16.4. The Labute approximate surface area is 127 Å². The van der Waals surface area contributed by atoms with Crippen LogP contribution in [0.25, 0.3) is 0 Å². The number of nitrogens with one attached hydrogen (secondary N) is 1. The lowest BCUT2D eigenvalue weighted by molar-refractivity contribution is -0.153. The number of aliphatic carboxylic acids is 1. The SMILES string of the molecule is CCCCC1CCC(C(=O)N2CCNCC2C(=O)O)CC1. The molecule has 1 atom stereocenters. The van der Waals surface area contributed by atoms with Crippen molar-refractivity contribution in [2.75, 3.05) is 19.6 Å². The van der Waals surface area contributed by atoms with E-state index in [4.69, 9.17) is 0 Å². The van der Waals surface area contributed by atoms with E-state index in [2.05, 4.69) is 12.2 Å². The Hall–Kier alpha value is -1.10. The molecule has 2 rings (SSSR count). The minimum Gasteiger partial charge on any atom is -0.480 e. The molecule has 0 aromatic carbocycles. The fraction of sp³-hybridized carbons (Fsp3) is 0.875. The summed E-state index contributed by atoms with van der Waals surface area (Å²) < 4.78 is 0. The molecule has 2 aliphatic rings. The molecule has 120 valence electrons. The van der Waals surface area contributed by atoms with Crippen LogP contribution in [0.15, 0.2) is 0 Å². The van der Waals surface area contributed by atoms with Gasteiger partial charge in [-0.05, 0) is 31.6 Å². The van der Waals surface area contributed by atoms with E-state index in [1.54, 1.807) is 4.90 Å². The molecule has 5 nitrogen and oxygen atoms in total. The lowest BCUT2D eigenvalue weighted by Crippen LogP contribution is -2.58. The third kappa shape index (κ3) is 4.19. The molecular formula is C16H28N2O3. The largest absolute Gasteiger partial charge is 0.480 e. The normalized spacial score (nSPS) is 30.1. The molecule has 1 saturated carbocycles. The molecular weight excluding hydrogens is 268 g/mol. The second-order valence-electron chi connectivity index (χ2n) is 6.45. The molecule has 21 heavy (non-hydrogen) atoms. The van der Waals surface area contributed by atoms with Crippen LogP contribution in [0, 0.1) is 11.8 Å². The zero-order valence-electron chi connectivity index (χ0n) is 13.0. The van der Waals surface area contributed by atoms with Crippen LogP contribution >= 0.6 is 0 Å². The van der Waals surface area contributed by atoms with E-state index in [0.29, 0.717) is 19.6 Å². The monoisotopic (exact) mass is 296 g/mol. The van der Waals surface area contributed by atoms with Gasteiger partial charge in [0, 0.05) is 25.6 Å². The van der Waals surface area contributed by atoms with Crippen LogP contribution in [0.5, 0.6) is 0 Å². The summed E-state index contributed by atoms with van der Waals surface area (Å²) in [6.45, 7) is 3.80. The number of carbonyl (C=O) groups is 2. The van der Waals surface area contributed by atoms with E-state index < -0.39 is 12.0 Å². The lowest BCUT2D eigenvalue weighted by Gasteiger charge is -2.37. The number of carbonyl (C=O) groups excluding carboxylic acids is 1. The molecule has 1 unspecified atom stereocenters. The van der Waals surface area contributed by atoms with Gasteiger partial charge in [0.1, 0.15) is 6.04 Å². The zero-order valence-corrected chi connectivity index (χ0v) is 13.0. The predicted octanol–water partition coefficient (Wildman–Crippen LogP) is 1.87. The van der Waals surface area contributed by atoms with Gasteiger partial charge in [-0.3, -0.25) is 4.79 Å². The first-order valence-electron chi connectivity index (χ1n) is 8.37. The first-order valence-corrected chi connectivity index (χ1v) is 8.37. The number of unbranched alkanes of at least 4 members (excludes halogenated alkanes) is 1. The van der Waals surface area contributed by atoms with Crippen molar-refractivity contribution in [1.29, 1.82) is 0 Å². The first kappa shape index (κ1) is 16.3. The van der Waals surface area contributed by atoms with Crippen LogP contribution in [0.1, 0.15) is 51.9 Å². The van der Waals surface area contributed by atoms with Gasteiger partial charge in [-0.2, -0.15) is 0 Å². The van der Waals surface area contributed by atoms with E-state index in [9.17, 15) is 14.7 Å². The van der Waals surface area contributed by atoms with Crippen molar-refractivity contribution in [3.8, 4) is 0 Å². The fourth-order valence-corrected chi connectivity index (χ4v) is 3.61. The quantitative estimate of drug-likeness (QED) is 0.812. The van der Waals surface area contributed by atoms with Crippen LogP contribution in [-0.2, 0) is 9.59 Å². The molecule has 2 fully saturated rings. The molecule has 0 bridgehead atoms. The van der Waals surface area contributed by atoms with E-state index in [-0.39, 0.29) is 11.8 Å². The van der Waals surface area contributed by atoms with Crippen LogP contribution in [0.4, 0.5) is 0 Å². The van der Waals surface area contributed by atoms with E-state index in [1.165, 1.54) is 19.3 Å². The van der Waals surface area contributed by atoms with Gasteiger partial charge < -0.3 is 15.3 Å². The third-order valence-electron chi connectivity index (χ3n) is 4.97. The van der Waals surface area contributed by atoms with Gasteiger partial charge in [-0.1, -0.05) is 26.2 Å². The Bertz CT molecular complexity index is 365. The number of amides is 1.